The number of hydrogen-bond donors (Lipinski definition) is 2. The number of rotatable bonds is 6. The molecule has 1 amide bonds. The van der Waals surface area contributed by atoms with Crippen LogP contribution in [0.4, 0.5) is 11.4 Å². The number of hydrogen-bond acceptors (Lipinski definition) is 4. The molecule has 0 aliphatic rings. The van der Waals surface area contributed by atoms with Gasteiger partial charge in [0.25, 0.3) is 5.91 Å². The summed E-state index contributed by atoms with van der Waals surface area (Å²) in [5.41, 5.74) is 3.82. The van der Waals surface area contributed by atoms with Crippen molar-refractivity contribution in [1.29, 1.82) is 5.26 Å². The number of carbonyl (C=O) groups excluding carboxylic acids is 2. The van der Waals surface area contributed by atoms with Crippen LogP contribution in [0.1, 0.15) is 35.3 Å². The van der Waals surface area contributed by atoms with E-state index in [0.717, 1.165) is 23.2 Å². The van der Waals surface area contributed by atoms with Gasteiger partial charge < -0.3 is 10.6 Å². The Morgan fingerprint density at radius 3 is 2.58 bits per heavy atom. The number of nitrogens with one attached hydrogen (secondary N) is 2. The van der Waals surface area contributed by atoms with Crippen molar-refractivity contribution < 1.29 is 9.59 Å². The summed E-state index contributed by atoms with van der Waals surface area (Å²) in [6.07, 6.45) is 2.12. The van der Waals surface area contributed by atoms with Crippen molar-refractivity contribution in [3.05, 3.63) is 70.9 Å². The Kier molecular flexibility index (Phi) is 6.29. The molecule has 2 rings (SSSR count). The van der Waals surface area contributed by atoms with E-state index in [-0.39, 0.29) is 11.4 Å². The monoisotopic (exact) mass is 347 g/mol. The van der Waals surface area contributed by atoms with Crippen LogP contribution in [0, 0.1) is 18.3 Å². The summed E-state index contributed by atoms with van der Waals surface area (Å²) in [4.78, 5) is 23.9. The fourth-order valence-electron chi connectivity index (χ4n) is 2.51. The Morgan fingerprint density at radius 2 is 1.92 bits per heavy atom. The van der Waals surface area contributed by atoms with Gasteiger partial charge in [0, 0.05) is 23.1 Å². The van der Waals surface area contributed by atoms with Crippen LogP contribution >= 0.6 is 0 Å². The van der Waals surface area contributed by atoms with Gasteiger partial charge >= 0.3 is 0 Å². The summed E-state index contributed by atoms with van der Waals surface area (Å²) >= 11 is 0. The number of amides is 1. The van der Waals surface area contributed by atoms with Gasteiger partial charge in [-0.05, 0) is 43.5 Å². The number of aryl methyl sites for hydroxylation is 2. The summed E-state index contributed by atoms with van der Waals surface area (Å²) in [5, 5.41) is 15.0. The Balaban J connectivity index is 2.19. The molecule has 0 heterocycles. The number of carbonyl (C=O) groups is 2. The normalized spacial score (nSPS) is 10.8. The molecule has 2 aromatic rings. The standard InChI is InChI=1S/C21H21N3O2/c1-4-16-8-5-7-14(2)20(16)24-21(26)18(12-22)13-23-19-10-6-9-17(11-19)15(3)25/h5-11,13,23H,4H2,1-3H3,(H,24,26)/b18-13-. The van der Waals surface area contributed by atoms with Gasteiger partial charge in [0.15, 0.2) is 5.78 Å². The zero-order valence-electron chi connectivity index (χ0n) is 15.1. The smallest absolute Gasteiger partial charge is 0.267 e. The van der Waals surface area contributed by atoms with E-state index in [9.17, 15) is 14.9 Å². The number of nitrogens with zero attached hydrogens (tertiary/aromatic N) is 1. The van der Waals surface area contributed by atoms with Crippen LogP contribution < -0.4 is 10.6 Å². The van der Waals surface area contributed by atoms with E-state index in [1.165, 1.54) is 13.1 Å². The van der Waals surface area contributed by atoms with E-state index in [2.05, 4.69) is 10.6 Å². The van der Waals surface area contributed by atoms with E-state index in [1.54, 1.807) is 24.3 Å². The number of ketones is 1. The second-order valence-electron chi connectivity index (χ2n) is 5.87. The Morgan fingerprint density at radius 1 is 1.19 bits per heavy atom. The van der Waals surface area contributed by atoms with Crippen LogP contribution in [-0.4, -0.2) is 11.7 Å². The van der Waals surface area contributed by atoms with Gasteiger partial charge in [-0.2, -0.15) is 5.26 Å². The molecular formula is C21H21N3O2. The number of anilines is 2. The van der Waals surface area contributed by atoms with Crippen molar-refractivity contribution in [2.45, 2.75) is 27.2 Å². The maximum atomic E-state index is 12.5. The predicted molar refractivity (Wildman–Crippen MR) is 103 cm³/mol. The molecule has 0 fully saturated rings. The summed E-state index contributed by atoms with van der Waals surface area (Å²) in [6.45, 7) is 5.40. The van der Waals surface area contributed by atoms with E-state index in [0.29, 0.717) is 11.3 Å². The van der Waals surface area contributed by atoms with Crippen LogP contribution in [0.2, 0.25) is 0 Å². The second kappa shape index (κ2) is 8.63. The number of nitriles is 1. The third-order valence-electron chi connectivity index (χ3n) is 4.00. The zero-order chi connectivity index (χ0) is 19.1. The van der Waals surface area contributed by atoms with Gasteiger partial charge in [-0.15, -0.1) is 0 Å². The highest BCUT2D eigenvalue weighted by molar-refractivity contribution is 6.07. The van der Waals surface area contributed by atoms with Gasteiger partial charge in [0.1, 0.15) is 11.6 Å². The fraction of sp³-hybridized carbons (Fsp3) is 0.190. The van der Waals surface area contributed by atoms with Crippen molar-refractivity contribution in [3.63, 3.8) is 0 Å². The molecule has 2 aromatic carbocycles. The molecule has 0 bridgehead atoms. The largest absolute Gasteiger partial charge is 0.360 e. The lowest BCUT2D eigenvalue weighted by Crippen LogP contribution is -2.16. The first-order valence-corrected chi connectivity index (χ1v) is 8.34. The van der Waals surface area contributed by atoms with Crippen LogP contribution in [-0.2, 0) is 11.2 Å². The lowest BCUT2D eigenvalue weighted by Gasteiger charge is -2.12. The lowest BCUT2D eigenvalue weighted by atomic mass is 10.1. The Hall–Kier alpha value is -3.39. The first kappa shape index (κ1) is 18.9. The molecule has 0 radical (unpaired) electrons. The Bertz CT molecular complexity index is 908. The number of benzene rings is 2. The molecular weight excluding hydrogens is 326 g/mol. The van der Waals surface area contributed by atoms with Crippen molar-refractivity contribution in [1.82, 2.24) is 0 Å². The maximum absolute atomic E-state index is 12.5. The Labute approximate surface area is 153 Å². The zero-order valence-corrected chi connectivity index (χ0v) is 15.1. The average molecular weight is 347 g/mol. The highest BCUT2D eigenvalue weighted by Gasteiger charge is 2.13. The van der Waals surface area contributed by atoms with Gasteiger partial charge in [0.2, 0.25) is 0 Å². The van der Waals surface area contributed by atoms with Crippen molar-refractivity contribution in [2.75, 3.05) is 10.6 Å². The molecule has 2 N–H and O–H groups in total. The van der Waals surface area contributed by atoms with Crippen LogP contribution in [0.25, 0.3) is 0 Å². The predicted octanol–water partition coefficient (Wildman–Crippen LogP) is 4.22. The highest BCUT2D eigenvalue weighted by atomic mass is 16.1. The van der Waals surface area contributed by atoms with Gasteiger partial charge in [-0.25, -0.2) is 0 Å². The SMILES string of the molecule is CCc1cccc(C)c1NC(=O)/C(C#N)=C\Nc1cccc(C(C)=O)c1. The van der Waals surface area contributed by atoms with Crippen LogP contribution in [0.3, 0.4) is 0 Å². The van der Waals surface area contributed by atoms with Crippen LogP contribution in [0.15, 0.2) is 54.2 Å². The molecule has 0 aliphatic carbocycles. The summed E-state index contributed by atoms with van der Waals surface area (Å²) in [7, 11) is 0. The molecule has 26 heavy (non-hydrogen) atoms. The molecule has 0 saturated carbocycles. The van der Waals surface area contributed by atoms with Gasteiger partial charge in [-0.3, -0.25) is 9.59 Å². The summed E-state index contributed by atoms with van der Waals surface area (Å²) in [5.74, 6) is -0.533. The van der Waals surface area contributed by atoms with E-state index in [1.807, 2.05) is 38.1 Å². The van der Waals surface area contributed by atoms with Crippen LogP contribution in [0.5, 0.6) is 0 Å². The number of para-hydroxylation sites is 1. The van der Waals surface area contributed by atoms with Crippen molar-refractivity contribution in [2.24, 2.45) is 0 Å². The highest BCUT2D eigenvalue weighted by Crippen LogP contribution is 2.21. The molecule has 132 valence electrons. The minimum absolute atomic E-state index is 0.0523. The molecule has 0 aliphatic heterocycles. The maximum Gasteiger partial charge on any atom is 0.267 e. The quantitative estimate of drug-likeness (QED) is 0.466. The summed E-state index contributed by atoms with van der Waals surface area (Å²) in [6, 6.07) is 14.6. The van der Waals surface area contributed by atoms with Gasteiger partial charge in [-0.1, -0.05) is 37.3 Å². The molecule has 0 saturated heterocycles. The van der Waals surface area contributed by atoms with Gasteiger partial charge in [0.05, 0.1) is 0 Å². The van der Waals surface area contributed by atoms with Crippen molar-refractivity contribution >= 4 is 23.1 Å². The first-order chi connectivity index (χ1) is 12.5. The lowest BCUT2D eigenvalue weighted by molar-refractivity contribution is -0.112. The molecule has 0 spiro atoms. The minimum atomic E-state index is -0.480. The van der Waals surface area contributed by atoms with Crippen molar-refractivity contribution in [3.8, 4) is 6.07 Å². The number of Topliss-reactive ketones (excluding diaryl/α,β-unsaturated/α-hetero) is 1. The second-order valence-corrected chi connectivity index (χ2v) is 5.87. The topological polar surface area (TPSA) is 82.0 Å². The third kappa shape index (κ3) is 4.58. The first-order valence-electron chi connectivity index (χ1n) is 8.34. The molecule has 5 heteroatoms. The third-order valence-corrected chi connectivity index (χ3v) is 4.00. The average Bonchev–Trinajstić information content (AvgIpc) is 2.64. The van der Waals surface area contributed by atoms with E-state index >= 15 is 0 Å². The molecule has 0 atom stereocenters. The molecule has 5 nitrogen and oxygen atoms in total. The van der Waals surface area contributed by atoms with E-state index < -0.39 is 5.91 Å². The summed E-state index contributed by atoms with van der Waals surface area (Å²) < 4.78 is 0. The van der Waals surface area contributed by atoms with E-state index in [4.69, 9.17) is 0 Å². The minimum Gasteiger partial charge on any atom is -0.360 e. The molecule has 0 unspecified atom stereocenters. The fourth-order valence-corrected chi connectivity index (χ4v) is 2.51. The molecule has 0 aromatic heterocycles.